The van der Waals surface area contributed by atoms with Crippen molar-refractivity contribution in [2.45, 2.75) is 38.8 Å². The van der Waals surface area contributed by atoms with Crippen LogP contribution in [0.4, 0.5) is 0 Å². The van der Waals surface area contributed by atoms with Crippen LogP contribution in [0.3, 0.4) is 0 Å². The maximum absolute atomic E-state index is 11.1. The molecule has 1 unspecified atom stereocenters. The first kappa shape index (κ1) is 12.1. The van der Waals surface area contributed by atoms with Crippen LogP contribution in [0.25, 0.3) is 0 Å². The molecule has 0 aromatic heterocycles. The summed E-state index contributed by atoms with van der Waals surface area (Å²) in [6.45, 7) is 5.69. The van der Waals surface area contributed by atoms with Crippen LogP contribution in [0.2, 0.25) is 0 Å². The van der Waals surface area contributed by atoms with Gasteiger partial charge in [-0.1, -0.05) is 6.92 Å². The molecule has 1 N–H and O–H groups in total. The second-order valence-electron chi connectivity index (χ2n) is 3.63. The Morgan fingerprint density at radius 1 is 1.43 bits per heavy atom. The minimum absolute atomic E-state index is 0.467. The Hall–Kier alpha value is 0.0700. The predicted molar refractivity (Wildman–Crippen MR) is 60.0 cm³/mol. The van der Waals surface area contributed by atoms with Crippen LogP contribution in [0.5, 0.6) is 0 Å². The third kappa shape index (κ3) is 4.07. The molecule has 0 amide bonds. The van der Waals surface area contributed by atoms with E-state index in [1.165, 1.54) is 0 Å². The molecule has 0 saturated heterocycles. The first-order valence-corrected chi connectivity index (χ1v) is 6.95. The van der Waals surface area contributed by atoms with E-state index in [-0.39, 0.29) is 0 Å². The molecule has 4 heteroatoms. The fourth-order valence-corrected chi connectivity index (χ4v) is 2.26. The van der Waals surface area contributed by atoms with Crippen molar-refractivity contribution in [1.82, 2.24) is 5.32 Å². The second kappa shape index (κ2) is 6.53. The molecule has 1 aliphatic carbocycles. The third-order valence-electron chi connectivity index (χ3n) is 2.58. The van der Waals surface area contributed by atoms with E-state index in [0.717, 1.165) is 37.5 Å². The molecule has 0 spiro atoms. The molecule has 1 fully saturated rings. The van der Waals surface area contributed by atoms with Gasteiger partial charge in [0, 0.05) is 41.5 Å². The lowest BCUT2D eigenvalue weighted by Gasteiger charge is -2.35. The van der Waals surface area contributed by atoms with Gasteiger partial charge in [-0.25, -0.2) is 0 Å². The molecule has 1 rings (SSSR count). The number of hydrogen-bond acceptors (Lipinski definition) is 3. The molecule has 1 saturated carbocycles. The highest BCUT2D eigenvalue weighted by molar-refractivity contribution is 7.84. The third-order valence-corrected chi connectivity index (χ3v) is 3.89. The molecule has 0 aromatic carbocycles. The Morgan fingerprint density at radius 2 is 2.14 bits per heavy atom. The predicted octanol–water partition coefficient (Wildman–Crippen LogP) is 0.912. The molecule has 14 heavy (non-hydrogen) atoms. The summed E-state index contributed by atoms with van der Waals surface area (Å²) in [5, 5.41) is 3.40. The van der Waals surface area contributed by atoms with Crippen LogP contribution >= 0.6 is 0 Å². The van der Waals surface area contributed by atoms with Gasteiger partial charge in [-0.05, 0) is 19.8 Å². The van der Waals surface area contributed by atoms with Gasteiger partial charge in [-0.15, -0.1) is 0 Å². The summed E-state index contributed by atoms with van der Waals surface area (Å²) in [6, 6.07) is 0.598. The van der Waals surface area contributed by atoms with Gasteiger partial charge in [0.2, 0.25) is 0 Å². The fourth-order valence-electron chi connectivity index (χ4n) is 1.63. The van der Waals surface area contributed by atoms with E-state index in [2.05, 4.69) is 5.32 Å². The molecule has 0 aliphatic heterocycles. The average Bonchev–Trinajstić information content (AvgIpc) is 2.13. The first-order chi connectivity index (χ1) is 6.76. The van der Waals surface area contributed by atoms with E-state index in [1.54, 1.807) is 0 Å². The zero-order valence-corrected chi connectivity index (χ0v) is 9.94. The van der Waals surface area contributed by atoms with Crippen LogP contribution in [0, 0.1) is 0 Å². The molecule has 0 bridgehead atoms. The molecule has 0 heterocycles. The highest BCUT2D eigenvalue weighted by Gasteiger charge is 2.28. The van der Waals surface area contributed by atoms with Crippen molar-refractivity contribution in [1.29, 1.82) is 0 Å². The van der Waals surface area contributed by atoms with Crippen molar-refractivity contribution >= 4 is 10.8 Å². The standard InChI is InChI=1S/C10H21NO2S/c1-3-13-10-7-9(8-10)11-5-6-14(12)4-2/h9-11H,3-8H2,1-2H3. The normalized spacial score (nSPS) is 28.4. The summed E-state index contributed by atoms with van der Waals surface area (Å²) < 4.78 is 16.6. The number of rotatable bonds is 7. The quantitative estimate of drug-likeness (QED) is 0.692. The van der Waals surface area contributed by atoms with Gasteiger partial charge in [0.15, 0.2) is 0 Å². The average molecular weight is 219 g/mol. The van der Waals surface area contributed by atoms with Crippen molar-refractivity contribution in [2.75, 3.05) is 24.7 Å². The molecular weight excluding hydrogens is 198 g/mol. The lowest BCUT2D eigenvalue weighted by Crippen LogP contribution is -2.46. The van der Waals surface area contributed by atoms with Crippen LogP contribution in [-0.2, 0) is 15.5 Å². The Bertz CT molecular complexity index is 181. The summed E-state index contributed by atoms with van der Waals surface area (Å²) >= 11 is 0. The SMILES string of the molecule is CCOC1CC(NCCS(=O)CC)C1. The molecule has 84 valence electrons. The van der Waals surface area contributed by atoms with E-state index in [4.69, 9.17) is 4.74 Å². The number of hydrogen-bond donors (Lipinski definition) is 1. The van der Waals surface area contributed by atoms with Crippen molar-refractivity contribution in [2.24, 2.45) is 0 Å². The van der Waals surface area contributed by atoms with E-state index < -0.39 is 10.8 Å². The van der Waals surface area contributed by atoms with E-state index >= 15 is 0 Å². The van der Waals surface area contributed by atoms with Gasteiger partial charge < -0.3 is 10.1 Å². The van der Waals surface area contributed by atoms with Gasteiger partial charge in [-0.2, -0.15) is 0 Å². The maximum atomic E-state index is 11.1. The molecule has 1 aliphatic rings. The number of ether oxygens (including phenoxy) is 1. The van der Waals surface area contributed by atoms with Gasteiger partial charge in [-0.3, -0.25) is 4.21 Å². The Balaban J connectivity index is 1.93. The minimum Gasteiger partial charge on any atom is -0.378 e. The number of nitrogens with one attached hydrogen (secondary N) is 1. The highest BCUT2D eigenvalue weighted by Crippen LogP contribution is 2.22. The molecular formula is C10H21NO2S. The second-order valence-corrected chi connectivity index (χ2v) is 5.50. The Labute approximate surface area is 89.1 Å². The van der Waals surface area contributed by atoms with E-state index in [9.17, 15) is 4.21 Å². The van der Waals surface area contributed by atoms with Crippen molar-refractivity contribution in [3.8, 4) is 0 Å². The maximum Gasteiger partial charge on any atom is 0.0604 e. The first-order valence-electron chi connectivity index (χ1n) is 5.46. The zero-order valence-electron chi connectivity index (χ0n) is 9.12. The van der Waals surface area contributed by atoms with E-state index in [1.807, 2.05) is 13.8 Å². The van der Waals surface area contributed by atoms with Gasteiger partial charge in [0.05, 0.1) is 6.10 Å². The zero-order chi connectivity index (χ0) is 10.4. The summed E-state index contributed by atoms with van der Waals surface area (Å²) in [6.07, 6.45) is 2.70. The largest absolute Gasteiger partial charge is 0.378 e. The fraction of sp³-hybridized carbons (Fsp3) is 1.00. The van der Waals surface area contributed by atoms with Crippen LogP contribution in [0.1, 0.15) is 26.7 Å². The topological polar surface area (TPSA) is 38.3 Å². The van der Waals surface area contributed by atoms with Gasteiger partial charge in [0.25, 0.3) is 0 Å². The van der Waals surface area contributed by atoms with Crippen molar-refractivity contribution < 1.29 is 8.95 Å². The van der Waals surface area contributed by atoms with Gasteiger partial charge >= 0.3 is 0 Å². The molecule has 3 nitrogen and oxygen atoms in total. The minimum atomic E-state index is -0.627. The van der Waals surface area contributed by atoms with Crippen LogP contribution in [-0.4, -0.2) is 41.0 Å². The van der Waals surface area contributed by atoms with E-state index in [0.29, 0.717) is 12.1 Å². The van der Waals surface area contributed by atoms with Crippen molar-refractivity contribution in [3.05, 3.63) is 0 Å². The Kier molecular flexibility index (Phi) is 5.67. The van der Waals surface area contributed by atoms with Crippen molar-refractivity contribution in [3.63, 3.8) is 0 Å². The lowest BCUT2D eigenvalue weighted by molar-refractivity contribution is -0.00929. The van der Waals surface area contributed by atoms with Gasteiger partial charge in [0.1, 0.15) is 0 Å². The molecule has 0 radical (unpaired) electrons. The highest BCUT2D eigenvalue weighted by atomic mass is 32.2. The van der Waals surface area contributed by atoms with Crippen LogP contribution < -0.4 is 5.32 Å². The lowest BCUT2D eigenvalue weighted by atomic mass is 9.89. The molecule has 0 aromatic rings. The summed E-state index contributed by atoms with van der Waals surface area (Å²) in [7, 11) is -0.627. The van der Waals surface area contributed by atoms with Crippen LogP contribution in [0.15, 0.2) is 0 Å². The monoisotopic (exact) mass is 219 g/mol. The summed E-state index contributed by atoms with van der Waals surface area (Å²) in [5.74, 6) is 1.56. The smallest absolute Gasteiger partial charge is 0.0604 e. The summed E-state index contributed by atoms with van der Waals surface area (Å²) in [4.78, 5) is 0. The Morgan fingerprint density at radius 3 is 2.71 bits per heavy atom. The molecule has 1 atom stereocenters. The summed E-state index contributed by atoms with van der Waals surface area (Å²) in [5.41, 5.74) is 0.